The molecule has 0 fully saturated rings. The zero-order chi connectivity index (χ0) is 17.9. The predicted octanol–water partition coefficient (Wildman–Crippen LogP) is 4.51. The van der Waals surface area contributed by atoms with Crippen molar-refractivity contribution < 1.29 is 0 Å². The summed E-state index contributed by atoms with van der Waals surface area (Å²) in [6.07, 6.45) is 1.06. The first-order valence-electron chi connectivity index (χ1n) is 9.24. The van der Waals surface area contributed by atoms with E-state index in [-0.39, 0.29) is 0 Å². The molecule has 1 aromatic heterocycles. The van der Waals surface area contributed by atoms with Crippen LogP contribution in [0.1, 0.15) is 23.9 Å². The average Bonchev–Trinajstić information content (AvgIpc) is 2.69. The van der Waals surface area contributed by atoms with Crippen molar-refractivity contribution in [3.05, 3.63) is 77.6 Å². The Balaban J connectivity index is 1.67. The summed E-state index contributed by atoms with van der Waals surface area (Å²) in [7, 11) is 0. The fourth-order valence-electron chi connectivity index (χ4n) is 3.61. The minimum atomic E-state index is 0.811. The molecule has 132 valence electrons. The van der Waals surface area contributed by atoms with Gasteiger partial charge < -0.3 is 9.80 Å². The Morgan fingerprint density at radius 2 is 1.69 bits per heavy atom. The smallest absolute Gasteiger partial charge is 0.138 e. The Kier molecular flexibility index (Phi) is 4.57. The molecular weight excluding hydrogens is 320 g/mol. The lowest BCUT2D eigenvalue weighted by atomic mass is 10.00. The SMILES string of the molecule is CCN(c1ccccc1)c1cc(N2CCc3ccccc3C2)nc(C)n1. The zero-order valence-electron chi connectivity index (χ0n) is 15.4. The van der Waals surface area contributed by atoms with Crippen LogP contribution in [0.2, 0.25) is 0 Å². The molecule has 0 amide bonds. The lowest BCUT2D eigenvalue weighted by Crippen LogP contribution is -2.31. The molecule has 26 heavy (non-hydrogen) atoms. The van der Waals surface area contributed by atoms with Crippen molar-refractivity contribution in [3.8, 4) is 0 Å². The molecule has 0 radical (unpaired) electrons. The van der Waals surface area contributed by atoms with E-state index < -0.39 is 0 Å². The number of fused-ring (bicyclic) bond motifs is 1. The monoisotopic (exact) mass is 344 g/mol. The van der Waals surface area contributed by atoms with Crippen molar-refractivity contribution in [2.75, 3.05) is 22.9 Å². The van der Waals surface area contributed by atoms with Crippen LogP contribution in [0.3, 0.4) is 0 Å². The maximum atomic E-state index is 4.73. The minimum absolute atomic E-state index is 0.811. The molecule has 0 saturated heterocycles. The molecule has 2 heterocycles. The molecule has 3 aromatic rings. The molecule has 4 heteroatoms. The first kappa shape index (κ1) is 16.6. The number of aromatic nitrogens is 2. The van der Waals surface area contributed by atoms with Crippen LogP contribution in [-0.4, -0.2) is 23.1 Å². The third-order valence-electron chi connectivity index (χ3n) is 4.93. The van der Waals surface area contributed by atoms with Crippen molar-refractivity contribution in [2.24, 2.45) is 0 Å². The van der Waals surface area contributed by atoms with Gasteiger partial charge in [0, 0.05) is 31.4 Å². The highest BCUT2D eigenvalue weighted by molar-refractivity contribution is 5.63. The summed E-state index contributed by atoms with van der Waals surface area (Å²) in [6, 6.07) is 21.2. The van der Waals surface area contributed by atoms with Crippen LogP contribution in [0.25, 0.3) is 0 Å². The Morgan fingerprint density at radius 1 is 0.962 bits per heavy atom. The number of hydrogen-bond donors (Lipinski definition) is 0. The summed E-state index contributed by atoms with van der Waals surface area (Å²) < 4.78 is 0. The Morgan fingerprint density at radius 3 is 2.46 bits per heavy atom. The molecule has 0 saturated carbocycles. The van der Waals surface area contributed by atoms with Crippen molar-refractivity contribution in [1.29, 1.82) is 0 Å². The predicted molar refractivity (Wildman–Crippen MR) is 107 cm³/mol. The summed E-state index contributed by atoms with van der Waals surface area (Å²) in [5.41, 5.74) is 4.00. The molecule has 0 aliphatic carbocycles. The topological polar surface area (TPSA) is 32.3 Å². The first-order chi connectivity index (χ1) is 12.7. The van der Waals surface area contributed by atoms with E-state index in [1.165, 1.54) is 11.1 Å². The highest BCUT2D eigenvalue weighted by Gasteiger charge is 2.19. The van der Waals surface area contributed by atoms with Crippen LogP contribution in [0.4, 0.5) is 17.3 Å². The second-order valence-electron chi connectivity index (χ2n) is 6.65. The lowest BCUT2D eigenvalue weighted by Gasteiger charge is -2.31. The quantitative estimate of drug-likeness (QED) is 0.697. The summed E-state index contributed by atoms with van der Waals surface area (Å²) in [5.74, 6) is 2.78. The fourth-order valence-corrected chi connectivity index (χ4v) is 3.61. The number of anilines is 3. The van der Waals surface area contributed by atoms with Crippen molar-refractivity contribution in [2.45, 2.75) is 26.8 Å². The fraction of sp³-hybridized carbons (Fsp3) is 0.273. The van der Waals surface area contributed by atoms with E-state index in [9.17, 15) is 0 Å². The van der Waals surface area contributed by atoms with Gasteiger partial charge in [-0.2, -0.15) is 0 Å². The van der Waals surface area contributed by atoms with Gasteiger partial charge in [0.1, 0.15) is 17.5 Å². The van der Waals surface area contributed by atoms with Crippen LogP contribution >= 0.6 is 0 Å². The Labute approximate surface area is 155 Å². The first-order valence-corrected chi connectivity index (χ1v) is 9.24. The molecule has 0 atom stereocenters. The highest BCUT2D eigenvalue weighted by atomic mass is 15.2. The molecule has 1 aliphatic heterocycles. The van der Waals surface area contributed by atoms with Crippen LogP contribution in [0.5, 0.6) is 0 Å². The molecule has 2 aromatic carbocycles. The third-order valence-corrected chi connectivity index (χ3v) is 4.93. The number of aryl methyl sites for hydroxylation is 1. The van der Waals surface area contributed by atoms with E-state index in [1.807, 2.05) is 13.0 Å². The van der Waals surface area contributed by atoms with E-state index in [0.29, 0.717) is 0 Å². The molecule has 4 rings (SSSR count). The standard InChI is InChI=1S/C22H24N4/c1-3-26(20-11-5-4-6-12-20)22-15-21(23-17(2)24-22)25-14-13-18-9-7-8-10-19(18)16-25/h4-12,15H,3,13-14,16H2,1-2H3. The Bertz CT molecular complexity index is 892. The largest absolute Gasteiger partial charge is 0.352 e. The number of hydrogen-bond acceptors (Lipinski definition) is 4. The van der Waals surface area contributed by atoms with Crippen LogP contribution in [0, 0.1) is 6.92 Å². The van der Waals surface area contributed by atoms with Crippen molar-refractivity contribution >= 4 is 17.3 Å². The van der Waals surface area contributed by atoms with Crippen LogP contribution < -0.4 is 9.80 Å². The molecule has 0 N–H and O–H groups in total. The van der Waals surface area contributed by atoms with Gasteiger partial charge in [0.2, 0.25) is 0 Å². The van der Waals surface area contributed by atoms with E-state index in [2.05, 4.69) is 71.3 Å². The van der Waals surface area contributed by atoms with Gasteiger partial charge in [-0.1, -0.05) is 42.5 Å². The highest BCUT2D eigenvalue weighted by Crippen LogP contribution is 2.28. The molecule has 4 nitrogen and oxygen atoms in total. The normalized spacial score (nSPS) is 13.4. The number of benzene rings is 2. The lowest BCUT2D eigenvalue weighted by molar-refractivity contribution is 0.716. The molecular formula is C22H24N4. The van der Waals surface area contributed by atoms with Gasteiger partial charge in [0.15, 0.2) is 0 Å². The number of rotatable bonds is 4. The molecule has 1 aliphatic rings. The van der Waals surface area contributed by atoms with Gasteiger partial charge in [-0.3, -0.25) is 0 Å². The minimum Gasteiger partial charge on any atom is -0.352 e. The second-order valence-corrected chi connectivity index (χ2v) is 6.65. The number of para-hydroxylation sites is 1. The van der Waals surface area contributed by atoms with Gasteiger partial charge in [0.05, 0.1) is 0 Å². The average molecular weight is 344 g/mol. The van der Waals surface area contributed by atoms with Gasteiger partial charge in [-0.15, -0.1) is 0 Å². The summed E-state index contributed by atoms with van der Waals surface area (Å²) in [6.45, 7) is 6.89. The van der Waals surface area contributed by atoms with Gasteiger partial charge >= 0.3 is 0 Å². The zero-order valence-corrected chi connectivity index (χ0v) is 15.4. The molecule has 0 bridgehead atoms. The van der Waals surface area contributed by atoms with Gasteiger partial charge in [0.25, 0.3) is 0 Å². The van der Waals surface area contributed by atoms with Crippen LogP contribution in [0.15, 0.2) is 60.7 Å². The third kappa shape index (κ3) is 3.27. The summed E-state index contributed by atoms with van der Waals surface area (Å²) in [4.78, 5) is 14.0. The van der Waals surface area contributed by atoms with E-state index in [0.717, 1.165) is 49.2 Å². The van der Waals surface area contributed by atoms with Gasteiger partial charge in [-0.05, 0) is 43.5 Å². The summed E-state index contributed by atoms with van der Waals surface area (Å²) >= 11 is 0. The van der Waals surface area contributed by atoms with Crippen molar-refractivity contribution in [3.63, 3.8) is 0 Å². The van der Waals surface area contributed by atoms with E-state index in [4.69, 9.17) is 9.97 Å². The van der Waals surface area contributed by atoms with Crippen molar-refractivity contribution in [1.82, 2.24) is 9.97 Å². The van der Waals surface area contributed by atoms with Gasteiger partial charge in [-0.25, -0.2) is 9.97 Å². The summed E-state index contributed by atoms with van der Waals surface area (Å²) in [5, 5.41) is 0. The maximum Gasteiger partial charge on any atom is 0.138 e. The molecule has 0 spiro atoms. The number of nitrogens with zero attached hydrogens (tertiary/aromatic N) is 4. The molecule has 0 unspecified atom stereocenters. The van der Waals surface area contributed by atoms with E-state index >= 15 is 0 Å². The van der Waals surface area contributed by atoms with E-state index in [1.54, 1.807) is 0 Å². The van der Waals surface area contributed by atoms with Crippen LogP contribution in [-0.2, 0) is 13.0 Å². The Hall–Kier alpha value is -2.88. The second kappa shape index (κ2) is 7.16. The maximum absolute atomic E-state index is 4.73.